The van der Waals surface area contributed by atoms with Crippen molar-refractivity contribution in [2.75, 3.05) is 51.2 Å². The summed E-state index contributed by atoms with van der Waals surface area (Å²) in [6.07, 6.45) is 2.31. The first-order valence-corrected chi connectivity index (χ1v) is 15.9. The summed E-state index contributed by atoms with van der Waals surface area (Å²) in [4.78, 5) is 36.7. The summed E-state index contributed by atoms with van der Waals surface area (Å²) < 4.78 is 17.6. The average molecular weight is 625 g/mol. The zero-order valence-electron chi connectivity index (χ0n) is 27.3. The SMILES string of the molecule is CN(CCCN1CCN(C(=O)OC(C)(C)C)CC1)c1cc(OCc2ccccc2)c2nccc(C(=O)OCc3ccccc3)c2c1. The predicted octanol–water partition coefficient (Wildman–Crippen LogP) is 6.55. The van der Waals surface area contributed by atoms with E-state index in [-0.39, 0.29) is 12.7 Å². The van der Waals surface area contributed by atoms with Crippen LogP contribution >= 0.6 is 0 Å². The van der Waals surface area contributed by atoms with Crippen molar-refractivity contribution in [1.29, 1.82) is 0 Å². The Balaban J connectivity index is 1.28. The fourth-order valence-electron chi connectivity index (χ4n) is 5.39. The number of nitrogens with zero attached hydrogens (tertiary/aromatic N) is 4. The van der Waals surface area contributed by atoms with Gasteiger partial charge in [0.2, 0.25) is 0 Å². The van der Waals surface area contributed by atoms with E-state index in [2.05, 4.69) is 14.8 Å². The van der Waals surface area contributed by atoms with E-state index in [1.807, 2.05) is 101 Å². The van der Waals surface area contributed by atoms with Gasteiger partial charge >= 0.3 is 12.1 Å². The molecular weight excluding hydrogens is 580 g/mol. The standard InChI is InChI=1S/C37H44N4O5/c1-37(2,3)46-36(43)41-22-20-40(21-23-41)19-11-18-39(4)30-24-32-31(35(42)45-27-29-14-9-6-10-15-29)16-17-38-34(32)33(25-30)44-26-28-12-7-5-8-13-28/h5-10,12-17,24-25H,11,18-23,26-27H2,1-4H3. The molecule has 3 aromatic carbocycles. The van der Waals surface area contributed by atoms with Gasteiger partial charge in [-0.05, 0) is 57.0 Å². The van der Waals surface area contributed by atoms with Gasteiger partial charge in [-0.1, -0.05) is 60.7 Å². The minimum atomic E-state index is -0.493. The molecule has 1 amide bonds. The van der Waals surface area contributed by atoms with Crippen molar-refractivity contribution in [3.05, 3.63) is 102 Å². The molecule has 0 saturated carbocycles. The molecule has 0 radical (unpaired) electrons. The molecule has 9 heteroatoms. The van der Waals surface area contributed by atoms with E-state index in [4.69, 9.17) is 14.2 Å². The van der Waals surface area contributed by atoms with Crippen LogP contribution in [0.2, 0.25) is 0 Å². The summed E-state index contributed by atoms with van der Waals surface area (Å²) in [5.74, 6) is 0.203. The number of anilines is 1. The Bertz CT molecular complexity index is 1600. The van der Waals surface area contributed by atoms with E-state index in [1.165, 1.54) is 0 Å². The highest BCUT2D eigenvalue weighted by Gasteiger charge is 2.26. The molecule has 242 valence electrons. The molecule has 0 bridgehead atoms. The van der Waals surface area contributed by atoms with Crippen molar-refractivity contribution in [2.45, 2.75) is 46.0 Å². The lowest BCUT2D eigenvalue weighted by Crippen LogP contribution is -2.50. The number of carbonyl (C=O) groups is 2. The molecule has 4 aromatic rings. The summed E-state index contributed by atoms with van der Waals surface area (Å²) in [5.41, 5.74) is 3.46. The van der Waals surface area contributed by atoms with E-state index in [9.17, 15) is 9.59 Å². The summed E-state index contributed by atoms with van der Waals surface area (Å²) in [6, 6.07) is 25.3. The third-order valence-corrected chi connectivity index (χ3v) is 7.90. The average Bonchev–Trinajstić information content (AvgIpc) is 3.06. The number of rotatable bonds is 11. The van der Waals surface area contributed by atoms with Gasteiger partial charge in [-0.3, -0.25) is 9.88 Å². The maximum absolute atomic E-state index is 13.3. The number of esters is 1. The Kier molecular flexibility index (Phi) is 10.8. The largest absolute Gasteiger partial charge is 0.487 e. The van der Waals surface area contributed by atoms with Crippen molar-refractivity contribution in [3.63, 3.8) is 0 Å². The molecule has 1 aliphatic heterocycles. The molecule has 0 unspecified atom stereocenters. The first kappa shape index (κ1) is 32.8. The Morgan fingerprint density at radius 2 is 1.52 bits per heavy atom. The van der Waals surface area contributed by atoms with Crippen molar-refractivity contribution >= 4 is 28.7 Å². The fraction of sp³-hybridized carbons (Fsp3) is 0.378. The van der Waals surface area contributed by atoms with Gasteiger partial charge in [0.25, 0.3) is 0 Å². The Morgan fingerprint density at radius 3 is 2.17 bits per heavy atom. The maximum Gasteiger partial charge on any atom is 0.410 e. The van der Waals surface area contributed by atoms with Gasteiger partial charge in [0, 0.05) is 63.1 Å². The van der Waals surface area contributed by atoms with Crippen LogP contribution in [-0.4, -0.2) is 78.8 Å². The topological polar surface area (TPSA) is 84.4 Å². The smallest absolute Gasteiger partial charge is 0.410 e. The molecule has 0 aliphatic carbocycles. The molecule has 0 N–H and O–H groups in total. The Hall–Kier alpha value is -4.63. The molecule has 2 heterocycles. The second-order valence-electron chi connectivity index (χ2n) is 12.6. The number of piperazine rings is 1. The quantitative estimate of drug-likeness (QED) is 0.174. The monoisotopic (exact) mass is 624 g/mol. The van der Waals surface area contributed by atoms with Crippen LogP contribution in [0.25, 0.3) is 10.9 Å². The highest BCUT2D eigenvalue weighted by molar-refractivity contribution is 6.05. The second kappa shape index (κ2) is 15.1. The maximum atomic E-state index is 13.3. The van der Waals surface area contributed by atoms with Gasteiger partial charge < -0.3 is 24.0 Å². The first-order chi connectivity index (χ1) is 22.2. The minimum absolute atomic E-state index is 0.187. The molecular formula is C37H44N4O5. The van der Waals surface area contributed by atoms with E-state index >= 15 is 0 Å². The molecule has 1 saturated heterocycles. The Morgan fingerprint density at radius 1 is 0.870 bits per heavy atom. The first-order valence-electron chi connectivity index (χ1n) is 15.9. The second-order valence-corrected chi connectivity index (χ2v) is 12.6. The van der Waals surface area contributed by atoms with Gasteiger partial charge in [0.05, 0.1) is 5.56 Å². The number of hydrogen-bond acceptors (Lipinski definition) is 8. The van der Waals surface area contributed by atoms with Gasteiger partial charge in [-0.15, -0.1) is 0 Å². The Labute approximate surface area is 271 Å². The van der Waals surface area contributed by atoms with Crippen molar-refractivity contribution in [3.8, 4) is 5.75 Å². The molecule has 1 fully saturated rings. The van der Waals surface area contributed by atoms with Crippen LogP contribution in [0.5, 0.6) is 5.75 Å². The number of fused-ring (bicyclic) bond motifs is 1. The molecule has 9 nitrogen and oxygen atoms in total. The van der Waals surface area contributed by atoms with E-state index in [1.54, 1.807) is 17.2 Å². The number of hydrogen-bond donors (Lipinski definition) is 0. The van der Waals surface area contributed by atoms with E-state index < -0.39 is 11.6 Å². The summed E-state index contributed by atoms with van der Waals surface area (Å²) in [7, 11) is 2.05. The molecule has 1 aliphatic rings. The molecule has 0 atom stereocenters. The minimum Gasteiger partial charge on any atom is -0.487 e. The number of ether oxygens (including phenoxy) is 3. The number of pyridine rings is 1. The molecule has 0 spiro atoms. The van der Waals surface area contributed by atoms with Crippen LogP contribution < -0.4 is 9.64 Å². The van der Waals surface area contributed by atoms with Gasteiger partial charge in [0.1, 0.15) is 30.1 Å². The van der Waals surface area contributed by atoms with Crippen molar-refractivity contribution in [1.82, 2.24) is 14.8 Å². The van der Waals surface area contributed by atoms with Crippen LogP contribution in [0.3, 0.4) is 0 Å². The van der Waals surface area contributed by atoms with Crippen LogP contribution in [0.15, 0.2) is 85.1 Å². The third-order valence-electron chi connectivity index (χ3n) is 7.90. The number of aromatic nitrogens is 1. The number of amides is 1. The normalized spacial score (nSPS) is 13.8. The molecule has 1 aromatic heterocycles. The highest BCUT2D eigenvalue weighted by Crippen LogP contribution is 2.33. The zero-order chi connectivity index (χ0) is 32.5. The lowest BCUT2D eigenvalue weighted by atomic mass is 10.1. The van der Waals surface area contributed by atoms with Crippen LogP contribution in [0.4, 0.5) is 10.5 Å². The lowest BCUT2D eigenvalue weighted by molar-refractivity contribution is 0.0145. The summed E-state index contributed by atoms with van der Waals surface area (Å²) >= 11 is 0. The van der Waals surface area contributed by atoms with E-state index in [0.717, 1.165) is 49.4 Å². The van der Waals surface area contributed by atoms with Crippen LogP contribution in [0.1, 0.15) is 48.7 Å². The highest BCUT2D eigenvalue weighted by atomic mass is 16.6. The lowest BCUT2D eigenvalue weighted by Gasteiger charge is -2.35. The van der Waals surface area contributed by atoms with Gasteiger partial charge in [0.15, 0.2) is 0 Å². The summed E-state index contributed by atoms with van der Waals surface area (Å²) in [6.45, 7) is 10.9. The molecule has 46 heavy (non-hydrogen) atoms. The summed E-state index contributed by atoms with van der Waals surface area (Å²) in [5, 5.41) is 0.686. The fourth-order valence-corrected chi connectivity index (χ4v) is 5.39. The van der Waals surface area contributed by atoms with Crippen LogP contribution in [-0.2, 0) is 22.7 Å². The van der Waals surface area contributed by atoms with Crippen LogP contribution in [0, 0.1) is 0 Å². The predicted molar refractivity (Wildman–Crippen MR) is 180 cm³/mol. The zero-order valence-corrected chi connectivity index (χ0v) is 27.3. The van der Waals surface area contributed by atoms with Crippen molar-refractivity contribution < 1.29 is 23.8 Å². The third kappa shape index (κ3) is 8.97. The number of carbonyl (C=O) groups excluding carboxylic acids is 2. The van der Waals surface area contributed by atoms with Gasteiger partial charge in [-0.2, -0.15) is 0 Å². The van der Waals surface area contributed by atoms with E-state index in [0.29, 0.717) is 41.9 Å². The van der Waals surface area contributed by atoms with Crippen molar-refractivity contribution in [2.24, 2.45) is 0 Å². The number of benzene rings is 3. The molecule has 5 rings (SSSR count). The van der Waals surface area contributed by atoms with Gasteiger partial charge in [-0.25, -0.2) is 9.59 Å².